The van der Waals surface area contributed by atoms with Crippen LogP contribution in [0.3, 0.4) is 0 Å². The number of aldehydes is 1. The van der Waals surface area contributed by atoms with Crippen LogP contribution in [0.4, 0.5) is 4.79 Å². The van der Waals surface area contributed by atoms with Crippen LogP contribution in [0.2, 0.25) is 0 Å². The molecule has 92 valence electrons. The van der Waals surface area contributed by atoms with Crippen LogP contribution < -0.4 is 0 Å². The number of carbonyl (C=O) groups is 2. The summed E-state index contributed by atoms with van der Waals surface area (Å²) in [6.45, 7) is 7.12. The molecule has 0 aliphatic carbocycles. The zero-order valence-corrected chi connectivity index (χ0v) is 10.1. The van der Waals surface area contributed by atoms with Crippen LogP contribution >= 0.6 is 0 Å². The molecule has 16 heavy (non-hydrogen) atoms. The van der Waals surface area contributed by atoms with Gasteiger partial charge >= 0.3 is 6.09 Å². The fourth-order valence-corrected chi connectivity index (χ4v) is 1.41. The molecule has 0 aromatic rings. The van der Waals surface area contributed by atoms with Gasteiger partial charge in [-0.2, -0.15) is 0 Å². The first-order valence-electron chi connectivity index (χ1n) is 5.43. The fourth-order valence-electron chi connectivity index (χ4n) is 1.41. The number of rotatable bonds is 1. The predicted octanol–water partition coefficient (Wildman–Crippen LogP) is 1.07. The summed E-state index contributed by atoms with van der Waals surface area (Å²) in [7, 11) is 0. The molecule has 0 bridgehead atoms. The Morgan fingerprint density at radius 3 is 2.75 bits per heavy atom. The molecule has 0 radical (unpaired) electrons. The van der Waals surface area contributed by atoms with Gasteiger partial charge < -0.3 is 19.2 Å². The molecular weight excluding hydrogens is 210 g/mol. The van der Waals surface area contributed by atoms with Gasteiger partial charge in [0.05, 0.1) is 19.1 Å². The molecule has 5 heteroatoms. The third kappa shape index (κ3) is 4.18. The van der Waals surface area contributed by atoms with Gasteiger partial charge in [0.1, 0.15) is 11.9 Å². The molecule has 1 rings (SSSR count). The summed E-state index contributed by atoms with van der Waals surface area (Å²) in [5.41, 5.74) is -0.513. The Labute approximate surface area is 95.7 Å². The topological polar surface area (TPSA) is 55.8 Å². The highest BCUT2D eigenvalue weighted by atomic mass is 16.6. The number of hydrogen-bond acceptors (Lipinski definition) is 4. The van der Waals surface area contributed by atoms with Crippen molar-refractivity contribution in [1.29, 1.82) is 0 Å². The van der Waals surface area contributed by atoms with Crippen molar-refractivity contribution >= 4 is 12.4 Å². The highest BCUT2D eigenvalue weighted by Crippen LogP contribution is 2.12. The van der Waals surface area contributed by atoms with E-state index in [9.17, 15) is 9.59 Å². The van der Waals surface area contributed by atoms with E-state index in [-0.39, 0.29) is 12.0 Å². The van der Waals surface area contributed by atoms with Crippen LogP contribution in [0.5, 0.6) is 0 Å². The van der Waals surface area contributed by atoms with Gasteiger partial charge in [0.2, 0.25) is 0 Å². The quantitative estimate of drug-likeness (QED) is 0.631. The van der Waals surface area contributed by atoms with Crippen molar-refractivity contribution in [3.63, 3.8) is 0 Å². The SMILES string of the molecule is CC(C)(C)OC(=O)N1CCOC[C@H](C=O)C1. The van der Waals surface area contributed by atoms with E-state index in [0.29, 0.717) is 26.3 Å². The summed E-state index contributed by atoms with van der Waals surface area (Å²) in [5.74, 6) is -0.255. The Hall–Kier alpha value is -1.10. The fraction of sp³-hybridized carbons (Fsp3) is 0.818. The molecule has 1 heterocycles. The van der Waals surface area contributed by atoms with E-state index >= 15 is 0 Å². The number of hydrogen-bond donors (Lipinski definition) is 0. The summed E-state index contributed by atoms with van der Waals surface area (Å²) < 4.78 is 10.5. The average Bonchev–Trinajstić information content (AvgIpc) is 2.39. The molecule has 1 fully saturated rings. The lowest BCUT2D eigenvalue weighted by Crippen LogP contribution is -2.40. The van der Waals surface area contributed by atoms with Crippen LogP contribution in [0, 0.1) is 5.92 Å². The summed E-state index contributed by atoms with van der Waals surface area (Å²) in [6, 6.07) is 0. The molecule has 1 atom stereocenters. The number of carbonyl (C=O) groups excluding carboxylic acids is 2. The molecule has 1 aliphatic rings. The van der Waals surface area contributed by atoms with Gasteiger partial charge in [-0.3, -0.25) is 0 Å². The molecule has 1 amide bonds. The number of amides is 1. The lowest BCUT2D eigenvalue weighted by Gasteiger charge is -2.26. The Morgan fingerprint density at radius 2 is 2.19 bits per heavy atom. The molecule has 0 N–H and O–H groups in total. The van der Waals surface area contributed by atoms with Crippen LogP contribution in [0.1, 0.15) is 20.8 Å². The third-order valence-corrected chi connectivity index (χ3v) is 2.14. The molecule has 0 saturated carbocycles. The molecule has 1 aliphatic heterocycles. The predicted molar refractivity (Wildman–Crippen MR) is 58.2 cm³/mol. The van der Waals surface area contributed by atoms with E-state index in [2.05, 4.69) is 0 Å². The minimum atomic E-state index is -0.513. The molecule has 0 aromatic carbocycles. The lowest BCUT2D eigenvalue weighted by molar-refractivity contribution is -0.112. The highest BCUT2D eigenvalue weighted by Gasteiger charge is 2.26. The summed E-state index contributed by atoms with van der Waals surface area (Å²) >= 11 is 0. The van der Waals surface area contributed by atoms with Crippen molar-refractivity contribution < 1.29 is 19.1 Å². The van der Waals surface area contributed by atoms with Crippen LogP contribution in [-0.4, -0.2) is 49.2 Å². The Morgan fingerprint density at radius 1 is 1.50 bits per heavy atom. The maximum Gasteiger partial charge on any atom is 0.410 e. The number of ether oxygens (including phenoxy) is 2. The monoisotopic (exact) mass is 229 g/mol. The van der Waals surface area contributed by atoms with Gasteiger partial charge in [0.15, 0.2) is 0 Å². The second-order valence-electron chi connectivity index (χ2n) is 4.90. The normalized spacial score (nSPS) is 22.4. The zero-order valence-electron chi connectivity index (χ0n) is 10.1. The molecule has 0 unspecified atom stereocenters. The minimum Gasteiger partial charge on any atom is -0.444 e. The van der Waals surface area contributed by atoms with E-state index in [4.69, 9.17) is 9.47 Å². The standard InChI is InChI=1S/C11H19NO4/c1-11(2,3)16-10(14)12-4-5-15-8-9(6-12)7-13/h7,9H,4-6,8H2,1-3H3/t9-/m0/s1. The Balaban J connectivity index is 2.56. The summed E-state index contributed by atoms with van der Waals surface area (Å²) in [4.78, 5) is 24.0. The van der Waals surface area contributed by atoms with E-state index in [1.807, 2.05) is 20.8 Å². The maximum absolute atomic E-state index is 11.8. The smallest absolute Gasteiger partial charge is 0.410 e. The Bertz CT molecular complexity index is 259. The number of nitrogens with zero attached hydrogens (tertiary/aromatic N) is 1. The van der Waals surface area contributed by atoms with Crippen LogP contribution in [0.15, 0.2) is 0 Å². The molecule has 0 aromatic heterocycles. The third-order valence-electron chi connectivity index (χ3n) is 2.14. The van der Waals surface area contributed by atoms with Crippen molar-refractivity contribution in [3.05, 3.63) is 0 Å². The van der Waals surface area contributed by atoms with E-state index < -0.39 is 5.60 Å². The van der Waals surface area contributed by atoms with Gasteiger partial charge in [-0.25, -0.2) is 4.79 Å². The first-order valence-corrected chi connectivity index (χ1v) is 5.43. The largest absolute Gasteiger partial charge is 0.444 e. The molecular formula is C11H19NO4. The van der Waals surface area contributed by atoms with E-state index in [1.165, 1.54) is 4.90 Å². The second-order valence-corrected chi connectivity index (χ2v) is 4.90. The summed E-state index contributed by atoms with van der Waals surface area (Å²) in [5, 5.41) is 0. The zero-order chi connectivity index (χ0) is 12.2. The van der Waals surface area contributed by atoms with Gasteiger partial charge in [-0.1, -0.05) is 0 Å². The van der Waals surface area contributed by atoms with Crippen molar-refractivity contribution in [2.75, 3.05) is 26.3 Å². The molecule has 0 spiro atoms. The van der Waals surface area contributed by atoms with Crippen molar-refractivity contribution in [1.82, 2.24) is 4.90 Å². The first kappa shape index (κ1) is 13.0. The van der Waals surface area contributed by atoms with Gasteiger partial charge in [0.25, 0.3) is 0 Å². The van der Waals surface area contributed by atoms with Gasteiger partial charge in [0, 0.05) is 13.1 Å². The molecule has 5 nitrogen and oxygen atoms in total. The average molecular weight is 229 g/mol. The summed E-state index contributed by atoms with van der Waals surface area (Å²) in [6.07, 6.45) is 0.438. The second kappa shape index (κ2) is 5.30. The van der Waals surface area contributed by atoms with Crippen molar-refractivity contribution in [3.8, 4) is 0 Å². The van der Waals surface area contributed by atoms with Crippen LogP contribution in [0.25, 0.3) is 0 Å². The Kier molecular flexibility index (Phi) is 4.29. The lowest BCUT2D eigenvalue weighted by atomic mass is 10.2. The van der Waals surface area contributed by atoms with Gasteiger partial charge in [-0.15, -0.1) is 0 Å². The van der Waals surface area contributed by atoms with E-state index in [1.54, 1.807) is 0 Å². The van der Waals surface area contributed by atoms with Crippen LogP contribution in [-0.2, 0) is 14.3 Å². The van der Waals surface area contributed by atoms with Crippen molar-refractivity contribution in [2.24, 2.45) is 5.92 Å². The van der Waals surface area contributed by atoms with Crippen molar-refractivity contribution in [2.45, 2.75) is 26.4 Å². The van der Waals surface area contributed by atoms with Gasteiger partial charge in [-0.05, 0) is 20.8 Å². The molecule has 1 saturated heterocycles. The highest BCUT2D eigenvalue weighted by molar-refractivity contribution is 5.69. The maximum atomic E-state index is 11.8. The first-order chi connectivity index (χ1) is 7.42. The van der Waals surface area contributed by atoms with E-state index in [0.717, 1.165) is 6.29 Å². The minimum absolute atomic E-state index is 0.255.